The van der Waals surface area contributed by atoms with Crippen molar-refractivity contribution in [1.82, 2.24) is 0 Å². The van der Waals surface area contributed by atoms with Crippen molar-refractivity contribution >= 4 is 23.5 Å². The number of hydrogen-bond acceptors (Lipinski definition) is 12. The Kier molecular flexibility index (Phi) is 12.9. The van der Waals surface area contributed by atoms with Crippen LogP contribution in [0.1, 0.15) is 27.7 Å². The standard InChI is InChI=1S/C25H36O12/c1-15(2)19(28)24(32,20(29)16(3)4)23(13-26,14-27)25(33,36-11-9-34-21(30)17(5)6)37-12-10-35-22(31)18(7)8/h26-27,32-33H,1,3,5,7,9-14H2,2,4,6,8H3. The maximum atomic E-state index is 13.1. The number of ketones is 2. The quantitative estimate of drug-likeness (QED) is 0.0609. The molecule has 0 heterocycles. The lowest BCUT2D eigenvalue weighted by atomic mass is 9.64. The largest absolute Gasteiger partial charge is 0.460 e. The van der Waals surface area contributed by atoms with Crippen LogP contribution in [-0.4, -0.2) is 95.1 Å². The van der Waals surface area contributed by atoms with Gasteiger partial charge < -0.3 is 39.4 Å². The number of Topliss-reactive ketones (excluding diaryl/α,β-unsaturated/α-hetero) is 2. The minimum Gasteiger partial charge on any atom is -0.460 e. The van der Waals surface area contributed by atoms with Crippen molar-refractivity contribution in [3.63, 3.8) is 0 Å². The van der Waals surface area contributed by atoms with E-state index in [4.69, 9.17) is 18.9 Å². The Bertz CT molecular complexity index is 881. The molecule has 0 aromatic heterocycles. The monoisotopic (exact) mass is 528 g/mol. The van der Waals surface area contributed by atoms with E-state index in [1.807, 2.05) is 0 Å². The van der Waals surface area contributed by atoms with Crippen molar-refractivity contribution in [2.45, 2.75) is 39.3 Å². The molecule has 37 heavy (non-hydrogen) atoms. The van der Waals surface area contributed by atoms with Gasteiger partial charge >= 0.3 is 11.9 Å². The van der Waals surface area contributed by atoms with Gasteiger partial charge in [-0.15, -0.1) is 0 Å². The summed E-state index contributed by atoms with van der Waals surface area (Å²) in [6.45, 7) is 13.4. The number of hydrogen-bond donors (Lipinski definition) is 4. The molecule has 0 atom stereocenters. The Morgan fingerprint density at radius 2 is 0.946 bits per heavy atom. The highest BCUT2D eigenvalue weighted by Gasteiger charge is 2.71. The van der Waals surface area contributed by atoms with Crippen LogP contribution >= 0.6 is 0 Å². The van der Waals surface area contributed by atoms with Crippen molar-refractivity contribution < 1.29 is 58.6 Å². The summed E-state index contributed by atoms with van der Waals surface area (Å²) in [6, 6.07) is 0. The first-order valence-corrected chi connectivity index (χ1v) is 11.0. The first-order valence-electron chi connectivity index (χ1n) is 11.0. The molecule has 0 aromatic carbocycles. The lowest BCUT2D eigenvalue weighted by Gasteiger charge is -2.50. The van der Waals surface area contributed by atoms with Gasteiger partial charge in [-0.3, -0.25) is 9.59 Å². The zero-order valence-corrected chi connectivity index (χ0v) is 21.6. The summed E-state index contributed by atoms with van der Waals surface area (Å²) in [5.41, 5.74) is -7.04. The van der Waals surface area contributed by atoms with E-state index in [0.717, 1.165) is 13.8 Å². The predicted octanol–water partition coefficient (Wildman–Crippen LogP) is -0.103. The molecule has 208 valence electrons. The zero-order chi connectivity index (χ0) is 29.2. The minimum absolute atomic E-state index is 0.0550. The molecule has 0 saturated carbocycles. The van der Waals surface area contributed by atoms with Gasteiger partial charge in [0.05, 0.1) is 26.4 Å². The number of esters is 2. The van der Waals surface area contributed by atoms with Crippen LogP contribution in [0.25, 0.3) is 0 Å². The molecule has 4 N–H and O–H groups in total. The van der Waals surface area contributed by atoms with Gasteiger partial charge in [-0.1, -0.05) is 26.3 Å². The third-order valence-electron chi connectivity index (χ3n) is 5.19. The number of aliphatic hydroxyl groups excluding tert-OH is 2. The van der Waals surface area contributed by atoms with E-state index in [-0.39, 0.29) is 22.3 Å². The molecular formula is C25H36O12. The fraction of sp³-hybridized carbons (Fsp3) is 0.520. The van der Waals surface area contributed by atoms with Crippen molar-refractivity contribution in [2.24, 2.45) is 5.41 Å². The molecule has 0 fully saturated rings. The van der Waals surface area contributed by atoms with E-state index in [2.05, 4.69) is 26.3 Å². The number of carbonyl (C=O) groups excluding carboxylic acids is 4. The number of carbonyl (C=O) groups is 4. The van der Waals surface area contributed by atoms with Gasteiger partial charge in [-0.05, 0) is 38.8 Å². The highest BCUT2D eigenvalue weighted by molar-refractivity contribution is 6.22. The molecule has 0 amide bonds. The summed E-state index contributed by atoms with van der Waals surface area (Å²) in [6.07, 6.45) is 0. The lowest BCUT2D eigenvalue weighted by Crippen LogP contribution is -2.73. The molecule has 0 saturated heterocycles. The second kappa shape index (κ2) is 14.1. The van der Waals surface area contributed by atoms with E-state index in [1.165, 1.54) is 13.8 Å². The Balaban J connectivity index is 6.61. The number of ether oxygens (including phenoxy) is 4. The molecule has 0 rings (SSSR count). The molecule has 0 aliphatic heterocycles. The van der Waals surface area contributed by atoms with Gasteiger partial charge in [0.1, 0.15) is 18.6 Å². The van der Waals surface area contributed by atoms with Crippen LogP contribution in [0.3, 0.4) is 0 Å². The number of rotatable bonds is 18. The Hall–Kier alpha value is -3.00. The highest BCUT2D eigenvalue weighted by Crippen LogP contribution is 2.46. The van der Waals surface area contributed by atoms with Crippen molar-refractivity contribution in [2.75, 3.05) is 39.6 Å². The molecule has 0 spiro atoms. The smallest absolute Gasteiger partial charge is 0.333 e. The SMILES string of the molecule is C=C(C)C(=O)OCCOC(O)(OCCOC(=O)C(=C)C)C(CO)(CO)C(O)(C(=O)C(=C)C)C(=O)C(=C)C. The Morgan fingerprint density at radius 3 is 1.19 bits per heavy atom. The summed E-state index contributed by atoms with van der Waals surface area (Å²) in [5.74, 6) is -7.68. The first kappa shape index (κ1) is 34.0. The molecule has 12 heteroatoms. The summed E-state index contributed by atoms with van der Waals surface area (Å²) >= 11 is 0. The van der Waals surface area contributed by atoms with Crippen LogP contribution in [0.5, 0.6) is 0 Å². The highest BCUT2D eigenvalue weighted by atomic mass is 16.8. The van der Waals surface area contributed by atoms with Crippen molar-refractivity contribution in [3.8, 4) is 0 Å². The van der Waals surface area contributed by atoms with Crippen LogP contribution in [0, 0.1) is 5.41 Å². The Morgan fingerprint density at radius 1 is 0.622 bits per heavy atom. The average Bonchev–Trinajstić information content (AvgIpc) is 2.83. The van der Waals surface area contributed by atoms with Crippen LogP contribution in [0.15, 0.2) is 48.6 Å². The van der Waals surface area contributed by atoms with Gasteiger partial charge in [0.25, 0.3) is 5.97 Å². The molecule has 0 aliphatic rings. The minimum atomic E-state index is -3.40. The normalized spacial score (nSPS) is 11.9. The molecular weight excluding hydrogens is 492 g/mol. The molecule has 0 radical (unpaired) electrons. The van der Waals surface area contributed by atoms with Crippen LogP contribution in [0.4, 0.5) is 0 Å². The zero-order valence-electron chi connectivity index (χ0n) is 21.6. The van der Waals surface area contributed by atoms with E-state index in [9.17, 15) is 39.6 Å². The first-order chi connectivity index (χ1) is 17.0. The van der Waals surface area contributed by atoms with Crippen molar-refractivity contribution in [3.05, 3.63) is 48.6 Å². The average molecular weight is 529 g/mol. The summed E-state index contributed by atoms with van der Waals surface area (Å²) < 4.78 is 20.3. The third-order valence-corrected chi connectivity index (χ3v) is 5.19. The van der Waals surface area contributed by atoms with Crippen LogP contribution in [0.2, 0.25) is 0 Å². The summed E-state index contributed by atoms with van der Waals surface area (Å²) in [4.78, 5) is 49.5. The maximum Gasteiger partial charge on any atom is 0.333 e. The Labute approximate surface area is 215 Å². The van der Waals surface area contributed by atoms with Gasteiger partial charge in [-0.25, -0.2) is 9.59 Å². The van der Waals surface area contributed by atoms with Gasteiger partial charge in [-0.2, -0.15) is 0 Å². The van der Waals surface area contributed by atoms with Crippen LogP contribution in [-0.2, 0) is 38.1 Å². The van der Waals surface area contributed by atoms with Crippen molar-refractivity contribution in [1.29, 1.82) is 0 Å². The van der Waals surface area contributed by atoms with Gasteiger partial charge in [0.2, 0.25) is 5.60 Å². The van der Waals surface area contributed by atoms with E-state index < -0.39 is 80.1 Å². The summed E-state index contributed by atoms with van der Waals surface area (Å²) in [5, 5.41) is 43.7. The summed E-state index contributed by atoms with van der Waals surface area (Å²) in [7, 11) is 0. The maximum absolute atomic E-state index is 13.1. The molecule has 0 bridgehead atoms. The predicted molar refractivity (Wildman–Crippen MR) is 130 cm³/mol. The third kappa shape index (κ3) is 7.51. The topological polar surface area (TPSA) is 186 Å². The van der Waals surface area contributed by atoms with E-state index in [1.54, 1.807) is 0 Å². The second-order valence-corrected chi connectivity index (χ2v) is 8.44. The molecule has 0 aromatic rings. The van der Waals surface area contributed by atoms with E-state index in [0.29, 0.717) is 0 Å². The van der Waals surface area contributed by atoms with Crippen LogP contribution < -0.4 is 0 Å². The fourth-order valence-corrected chi connectivity index (χ4v) is 3.06. The fourth-order valence-electron chi connectivity index (χ4n) is 3.06. The van der Waals surface area contributed by atoms with Gasteiger partial charge in [0, 0.05) is 11.1 Å². The lowest BCUT2D eigenvalue weighted by molar-refractivity contribution is -0.438. The number of aliphatic hydroxyl groups is 4. The van der Waals surface area contributed by atoms with E-state index >= 15 is 0 Å². The molecule has 0 unspecified atom stereocenters. The molecule has 12 nitrogen and oxygen atoms in total. The second-order valence-electron chi connectivity index (χ2n) is 8.44. The van der Waals surface area contributed by atoms with Gasteiger partial charge in [0.15, 0.2) is 11.6 Å². The molecule has 0 aliphatic carbocycles.